The summed E-state index contributed by atoms with van der Waals surface area (Å²) in [6, 6.07) is -0.243. The number of thioether (sulfide) groups is 1. The van der Waals surface area contributed by atoms with Gasteiger partial charge < -0.3 is 14.7 Å². The van der Waals surface area contributed by atoms with Crippen LogP contribution >= 0.6 is 11.8 Å². The molecule has 0 saturated carbocycles. The molecule has 162 valence electrons. The first-order valence-electron chi connectivity index (χ1n) is 8.47. The van der Waals surface area contributed by atoms with E-state index >= 15 is 0 Å². The molecule has 0 aromatic carbocycles. The quantitative estimate of drug-likeness (QED) is 0.491. The highest BCUT2D eigenvalue weighted by Gasteiger charge is 2.72. The van der Waals surface area contributed by atoms with E-state index in [-0.39, 0.29) is 17.9 Å². The van der Waals surface area contributed by atoms with E-state index in [4.69, 9.17) is 14.6 Å². The van der Waals surface area contributed by atoms with Crippen LogP contribution in [-0.4, -0.2) is 88.5 Å². The fourth-order valence-corrected chi connectivity index (χ4v) is 4.89. The van der Waals surface area contributed by atoms with E-state index in [0.29, 0.717) is 18.1 Å². The molecule has 0 bridgehead atoms. The standard InChI is InChI=1S/C14H19N3O4S.C2HF3O2/c1-5-14(12(20)21-3)9-8(10(18)16(2)11(9)19)7-6-15-13(22-4)17(7)14;3-2(4,5)1(6)7/h7-9H,5-6H2,1-4H3;(H,6,7)/t7-,8+,9-,14-;/m1./s1. The third-order valence-electron chi connectivity index (χ3n) is 5.38. The number of carbonyl (C=O) groups excluding carboxylic acids is 3. The Morgan fingerprint density at radius 2 is 1.90 bits per heavy atom. The van der Waals surface area contributed by atoms with Gasteiger partial charge in [0.1, 0.15) is 0 Å². The second-order valence-corrected chi connectivity index (χ2v) is 7.35. The lowest BCUT2D eigenvalue weighted by molar-refractivity contribution is -0.192. The number of hydrogen-bond acceptors (Lipinski definition) is 8. The van der Waals surface area contributed by atoms with E-state index in [0.717, 1.165) is 4.90 Å². The zero-order valence-corrected chi connectivity index (χ0v) is 16.8. The van der Waals surface area contributed by atoms with Crippen molar-refractivity contribution < 1.29 is 42.2 Å². The molecule has 13 heteroatoms. The summed E-state index contributed by atoms with van der Waals surface area (Å²) in [4.78, 5) is 54.2. The van der Waals surface area contributed by atoms with Crippen molar-refractivity contribution >= 4 is 40.7 Å². The number of nitrogens with zero attached hydrogens (tertiary/aromatic N) is 3. The van der Waals surface area contributed by atoms with Crippen molar-refractivity contribution in [3.8, 4) is 0 Å². The summed E-state index contributed by atoms with van der Waals surface area (Å²) in [5.41, 5.74) is -1.14. The number of fused-ring (bicyclic) bond motifs is 3. The first-order chi connectivity index (χ1) is 13.4. The number of esters is 1. The summed E-state index contributed by atoms with van der Waals surface area (Å²) in [5, 5.41) is 7.83. The Bertz CT molecular complexity index is 773. The number of carboxylic acid groups (broad SMARTS) is 1. The van der Waals surface area contributed by atoms with Crippen LogP contribution in [0, 0.1) is 11.8 Å². The lowest BCUT2D eigenvalue weighted by Gasteiger charge is -2.39. The monoisotopic (exact) mass is 439 g/mol. The number of carbonyl (C=O) groups is 4. The van der Waals surface area contributed by atoms with Crippen LogP contribution in [0.5, 0.6) is 0 Å². The number of imide groups is 1. The number of halogens is 3. The van der Waals surface area contributed by atoms with Gasteiger partial charge in [0.15, 0.2) is 10.7 Å². The minimum absolute atomic E-state index is 0.221. The highest BCUT2D eigenvalue weighted by molar-refractivity contribution is 8.13. The molecule has 2 fully saturated rings. The van der Waals surface area contributed by atoms with Crippen LogP contribution in [0.4, 0.5) is 13.2 Å². The second kappa shape index (κ2) is 7.84. The Labute approximate surface area is 168 Å². The number of hydrogen-bond donors (Lipinski definition) is 1. The number of alkyl halides is 3. The van der Waals surface area contributed by atoms with Crippen LogP contribution in [0.3, 0.4) is 0 Å². The van der Waals surface area contributed by atoms with Gasteiger partial charge in [-0.2, -0.15) is 13.2 Å². The van der Waals surface area contributed by atoms with E-state index in [1.807, 2.05) is 18.1 Å². The van der Waals surface area contributed by atoms with Crippen LogP contribution < -0.4 is 0 Å². The molecule has 0 aromatic rings. The Morgan fingerprint density at radius 3 is 2.31 bits per heavy atom. The molecule has 3 heterocycles. The topological polar surface area (TPSA) is 117 Å². The first-order valence-corrected chi connectivity index (χ1v) is 9.70. The summed E-state index contributed by atoms with van der Waals surface area (Å²) in [6.07, 6.45) is -2.81. The molecule has 0 radical (unpaired) electrons. The molecule has 0 unspecified atom stereocenters. The Balaban J connectivity index is 0.000000370. The molecule has 9 nitrogen and oxygen atoms in total. The Kier molecular flexibility index (Phi) is 6.21. The predicted octanol–water partition coefficient (Wildman–Crippen LogP) is 0.589. The predicted molar refractivity (Wildman–Crippen MR) is 94.9 cm³/mol. The fourth-order valence-electron chi connectivity index (χ4n) is 4.19. The van der Waals surface area contributed by atoms with E-state index in [1.54, 1.807) is 0 Å². The molecule has 3 rings (SSSR count). The number of rotatable bonds is 2. The van der Waals surface area contributed by atoms with Gasteiger partial charge in [-0.05, 0) is 12.7 Å². The van der Waals surface area contributed by atoms with Crippen LogP contribution in [-0.2, 0) is 23.9 Å². The molecule has 4 atom stereocenters. The minimum atomic E-state index is -5.08. The van der Waals surface area contributed by atoms with Crippen molar-refractivity contribution in [2.75, 3.05) is 27.0 Å². The summed E-state index contributed by atoms with van der Waals surface area (Å²) in [5.74, 6) is -4.95. The maximum absolute atomic E-state index is 12.7. The van der Waals surface area contributed by atoms with E-state index < -0.39 is 35.5 Å². The second-order valence-electron chi connectivity index (χ2n) is 6.58. The van der Waals surface area contributed by atoms with Gasteiger partial charge in [0.05, 0.1) is 31.5 Å². The van der Waals surface area contributed by atoms with E-state index in [2.05, 4.69) is 4.99 Å². The molecule has 2 saturated heterocycles. The van der Waals surface area contributed by atoms with Crippen molar-refractivity contribution in [1.29, 1.82) is 0 Å². The van der Waals surface area contributed by atoms with Gasteiger partial charge in [-0.15, -0.1) is 0 Å². The lowest BCUT2D eigenvalue weighted by Crippen LogP contribution is -2.59. The van der Waals surface area contributed by atoms with Crippen molar-refractivity contribution in [1.82, 2.24) is 9.80 Å². The lowest BCUT2D eigenvalue weighted by atomic mass is 9.78. The van der Waals surface area contributed by atoms with Gasteiger partial charge in [-0.25, -0.2) is 9.59 Å². The van der Waals surface area contributed by atoms with Crippen molar-refractivity contribution in [3.63, 3.8) is 0 Å². The molecule has 0 aromatic heterocycles. The maximum atomic E-state index is 12.7. The average molecular weight is 439 g/mol. The highest BCUT2D eigenvalue weighted by Crippen LogP contribution is 2.53. The smallest absolute Gasteiger partial charge is 0.475 e. The molecule has 29 heavy (non-hydrogen) atoms. The SMILES string of the molecule is CC[C@]1(C(=O)OC)[C@H]2C(=O)N(C)C(=O)[C@H]2[C@H]2CN=C(SC)N21.O=C(O)C(F)(F)F. The minimum Gasteiger partial charge on any atom is -0.475 e. The largest absolute Gasteiger partial charge is 0.490 e. The van der Waals surface area contributed by atoms with Gasteiger partial charge >= 0.3 is 18.1 Å². The molecule has 3 aliphatic rings. The fraction of sp³-hybridized carbons (Fsp3) is 0.688. The van der Waals surface area contributed by atoms with Crippen molar-refractivity contribution in [3.05, 3.63) is 0 Å². The molecule has 3 aliphatic heterocycles. The zero-order valence-electron chi connectivity index (χ0n) is 16.0. The number of carboxylic acids is 1. The molecule has 0 spiro atoms. The molecule has 0 aliphatic carbocycles. The van der Waals surface area contributed by atoms with Gasteiger partial charge in [-0.3, -0.25) is 19.5 Å². The average Bonchev–Trinajstić information content (AvgIpc) is 3.27. The number of amidine groups is 1. The number of ether oxygens (including phenoxy) is 1. The third kappa shape index (κ3) is 3.34. The first kappa shape index (κ1) is 23.0. The maximum Gasteiger partial charge on any atom is 0.490 e. The zero-order chi connectivity index (χ0) is 22.3. The Hall–Kier alpha value is -2.31. The molecular weight excluding hydrogens is 419 g/mol. The van der Waals surface area contributed by atoms with Crippen LogP contribution in [0.15, 0.2) is 4.99 Å². The molecular formula is C16H20F3N3O6S. The van der Waals surface area contributed by atoms with E-state index in [9.17, 15) is 27.6 Å². The van der Waals surface area contributed by atoms with Gasteiger partial charge in [-0.1, -0.05) is 18.7 Å². The number of likely N-dealkylation sites (tertiary alicyclic amines) is 1. The van der Waals surface area contributed by atoms with Crippen LogP contribution in [0.2, 0.25) is 0 Å². The highest BCUT2D eigenvalue weighted by atomic mass is 32.2. The number of aliphatic imine (C=N–C) groups is 1. The summed E-state index contributed by atoms with van der Waals surface area (Å²) >= 11 is 1.43. The Morgan fingerprint density at radius 1 is 1.34 bits per heavy atom. The van der Waals surface area contributed by atoms with Crippen LogP contribution in [0.25, 0.3) is 0 Å². The third-order valence-corrected chi connectivity index (χ3v) is 6.08. The normalized spacial score (nSPS) is 30.4. The van der Waals surface area contributed by atoms with Gasteiger partial charge in [0.25, 0.3) is 0 Å². The number of amides is 2. The van der Waals surface area contributed by atoms with E-state index in [1.165, 1.54) is 25.9 Å². The summed E-state index contributed by atoms with van der Waals surface area (Å²) in [7, 11) is 2.80. The number of aliphatic carboxylic acids is 1. The molecule has 1 N–H and O–H groups in total. The van der Waals surface area contributed by atoms with Gasteiger partial charge in [0, 0.05) is 7.05 Å². The summed E-state index contributed by atoms with van der Waals surface area (Å²) in [6.45, 7) is 2.28. The van der Waals surface area contributed by atoms with Crippen LogP contribution in [0.1, 0.15) is 13.3 Å². The number of methoxy groups -OCH3 is 1. The molecule has 2 amide bonds. The van der Waals surface area contributed by atoms with Crippen molar-refractivity contribution in [2.45, 2.75) is 31.1 Å². The van der Waals surface area contributed by atoms with Gasteiger partial charge in [0.2, 0.25) is 11.8 Å². The summed E-state index contributed by atoms with van der Waals surface area (Å²) < 4.78 is 36.8. The van der Waals surface area contributed by atoms with Crippen molar-refractivity contribution in [2.24, 2.45) is 16.8 Å².